The Kier molecular flexibility index (Phi) is 21.4. The predicted molar refractivity (Wildman–Crippen MR) is 108 cm³/mol. The lowest BCUT2D eigenvalue weighted by molar-refractivity contribution is -0.151. The minimum absolute atomic E-state index is 0.0251. The maximum atomic E-state index is 11.3. The molecule has 11 heteroatoms. The summed E-state index contributed by atoms with van der Waals surface area (Å²) in [5, 5.41) is 8.39. The van der Waals surface area contributed by atoms with E-state index < -0.39 is 17.7 Å². The molecule has 0 aliphatic heterocycles. The molecule has 0 aromatic carbocycles. The zero-order chi connectivity index (χ0) is 23.0. The van der Waals surface area contributed by atoms with Crippen molar-refractivity contribution in [3.8, 4) is 0 Å². The molecule has 0 aliphatic carbocycles. The Morgan fingerprint density at radius 1 is 0.613 bits per heavy atom. The van der Waals surface area contributed by atoms with E-state index in [1.54, 1.807) is 6.08 Å². The Morgan fingerprint density at radius 2 is 1.00 bits per heavy atom. The SMILES string of the molecule is C=CCOCCOCCOCCOCCOCCOCCOC(=O)CCC(=O)C(=O)O. The Hall–Kier alpha value is -1.89. The number of aliphatic carboxylic acids is 1. The molecule has 0 fully saturated rings. The first-order valence-corrected chi connectivity index (χ1v) is 10.1. The van der Waals surface area contributed by atoms with Crippen LogP contribution in [0.15, 0.2) is 12.7 Å². The van der Waals surface area contributed by atoms with Gasteiger partial charge in [0.15, 0.2) is 0 Å². The van der Waals surface area contributed by atoms with Crippen molar-refractivity contribution in [1.82, 2.24) is 0 Å². The fourth-order valence-corrected chi connectivity index (χ4v) is 1.88. The molecular weight excluding hydrogens is 416 g/mol. The topological polar surface area (TPSA) is 136 Å². The number of hydrogen-bond donors (Lipinski definition) is 1. The van der Waals surface area contributed by atoms with Crippen molar-refractivity contribution >= 4 is 17.7 Å². The maximum Gasteiger partial charge on any atom is 0.372 e. The second-order valence-electron chi connectivity index (χ2n) is 5.87. The van der Waals surface area contributed by atoms with Gasteiger partial charge in [-0.15, -0.1) is 6.58 Å². The lowest BCUT2D eigenvalue weighted by Gasteiger charge is -2.08. The van der Waals surface area contributed by atoms with Crippen LogP contribution in [-0.2, 0) is 47.5 Å². The number of ketones is 1. The van der Waals surface area contributed by atoms with Gasteiger partial charge in [-0.3, -0.25) is 9.59 Å². The van der Waals surface area contributed by atoms with Gasteiger partial charge in [0.1, 0.15) is 6.61 Å². The monoisotopic (exact) mass is 450 g/mol. The molecule has 0 saturated carbocycles. The summed E-state index contributed by atoms with van der Waals surface area (Å²) in [6.07, 6.45) is 1.05. The molecule has 0 aromatic heterocycles. The number of Topliss-reactive ketones (excluding diaryl/α,β-unsaturated/α-hetero) is 1. The Bertz CT molecular complexity index is 482. The summed E-state index contributed by atoms with van der Waals surface area (Å²) in [7, 11) is 0. The number of carbonyl (C=O) groups excluding carboxylic acids is 2. The second-order valence-corrected chi connectivity index (χ2v) is 5.87. The molecule has 0 spiro atoms. The van der Waals surface area contributed by atoms with Crippen molar-refractivity contribution in [2.75, 3.05) is 85.9 Å². The van der Waals surface area contributed by atoms with Gasteiger partial charge in [0.05, 0.1) is 85.7 Å². The molecule has 0 heterocycles. The third kappa shape index (κ3) is 22.6. The van der Waals surface area contributed by atoms with Crippen LogP contribution in [0.4, 0.5) is 0 Å². The summed E-state index contributed by atoms with van der Waals surface area (Å²) in [5.41, 5.74) is 0. The third-order valence-corrected chi connectivity index (χ3v) is 3.38. The summed E-state index contributed by atoms with van der Waals surface area (Å²) in [6, 6.07) is 0. The van der Waals surface area contributed by atoms with E-state index in [2.05, 4.69) is 6.58 Å². The highest BCUT2D eigenvalue weighted by Crippen LogP contribution is 1.95. The number of carboxylic acids is 1. The van der Waals surface area contributed by atoms with Crippen LogP contribution in [0.5, 0.6) is 0 Å². The van der Waals surface area contributed by atoms with Crippen molar-refractivity contribution in [2.45, 2.75) is 12.8 Å². The summed E-state index contributed by atoms with van der Waals surface area (Å²) in [6.45, 7) is 8.83. The minimum atomic E-state index is -1.56. The molecule has 0 aromatic rings. The van der Waals surface area contributed by atoms with E-state index in [-0.39, 0.29) is 26.1 Å². The van der Waals surface area contributed by atoms with E-state index in [1.165, 1.54) is 0 Å². The van der Waals surface area contributed by atoms with Crippen molar-refractivity contribution in [1.29, 1.82) is 0 Å². The summed E-state index contributed by atoms with van der Waals surface area (Å²) < 4.78 is 36.5. The fraction of sp³-hybridized carbons (Fsp3) is 0.750. The van der Waals surface area contributed by atoms with E-state index >= 15 is 0 Å². The van der Waals surface area contributed by atoms with Crippen LogP contribution in [0.1, 0.15) is 12.8 Å². The van der Waals surface area contributed by atoms with Crippen LogP contribution in [0.25, 0.3) is 0 Å². The molecule has 0 unspecified atom stereocenters. The minimum Gasteiger partial charge on any atom is -0.476 e. The van der Waals surface area contributed by atoms with Crippen molar-refractivity contribution in [3.05, 3.63) is 12.7 Å². The smallest absolute Gasteiger partial charge is 0.372 e. The van der Waals surface area contributed by atoms with Gasteiger partial charge in [-0.25, -0.2) is 4.79 Å². The first kappa shape index (κ1) is 29.1. The number of esters is 1. The Labute approximate surface area is 182 Å². The largest absolute Gasteiger partial charge is 0.476 e. The molecule has 180 valence electrons. The first-order chi connectivity index (χ1) is 15.1. The zero-order valence-electron chi connectivity index (χ0n) is 17.9. The molecule has 31 heavy (non-hydrogen) atoms. The second kappa shape index (κ2) is 22.8. The molecule has 0 amide bonds. The molecule has 0 atom stereocenters. The van der Waals surface area contributed by atoms with Gasteiger partial charge in [0.25, 0.3) is 0 Å². The lowest BCUT2D eigenvalue weighted by atomic mass is 10.2. The van der Waals surface area contributed by atoms with Crippen molar-refractivity contribution in [2.24, 2.45) is 0 Å². The first-order valence-electron chi connectivity index (χ1n) is 10.1. The van der Waals surface area contributed by atoms with Gasteiger partial charge in [0.2, 0.25) is 5.78 Å². The highest BCUT2D eigenvalue weighted by atomic mass is 16.6. The van der Waals surface area contributed by atoms with Gasteiger partial charge < -0.3 is 38.3 Å². The molecule has 11 nitrogen and oxygen atoms in total. The number of hydrogen-bond acceptors (Lipinski definition) is 10. The number of carboxylic acid groups (broad SMARTS) is 1. The molecule has 0 bridgehead atoms. The molecule has 0 rings (SSSR count). The summed E-state index contributed by atoms with van der Waals surface area (Å²) in [4.78, 5) is 32.4. The van der Waals surface area contributed by atoms with Crippen LogP contribution >= 0.6 is 0 Å². The summed E-state index contributed by atoms with van der Waals surface area (Å²) >= 11 is 0. The highest BCUT2D eigenvalue weighted by Gasteiger charge is 2.14. The van der Waals surface area contributed by atoms with E-state index in [4.69, 9.17) is 38.3 Å². The highest BCUT2D eigenvalue weighted by molar-refractivity contribution is 6.32. The van der Waals surface area contributed by atoms with E-state index in [0.717, 1.165) is 0 Å². The Morgan fingerprint density at radius 3 is 1.39 bits per heavy atom. The van der Waals surface area contributed by atoms with Crippen LogP contribution in [-0.4, -0.2) is 109 Å². The molecule has 0 radical (unpaired) electrons. The standard InChI is InChI=1S/C20H34O11/c1-2-5-25-6-7-26-8-9-27-10-11-28-12-13-29-14-15-30-16-17-31-19(22)4-3-18(21)20(23)24/h2H,1,3-17H2,(H,23,24). The van der Waals surface area contributed by atoms with Crippen molar-refractivity contribution in [3.63, 3.8) is 0 Å². The normalized spacial score (nSPS) is 10.7. The summed E-state index contributed by atoms with van der Waals surface area (Å²) in [5.74, 6) is -3.22. The van der Waals surface area contributed by atoms with E-state index in [1.807, 2.05) is 0 Å². The molecule has 1 N–H and O–H groups in total. The van der Waals surface area contributed by atoms with Crippen molar-refractivity contribution < 1.29 is 52.6 Å². The number of rotatable bonds is 24. The van der Waals surface area contributed by atoms with Crippen LogP contribution in [0.3, 0.4) is 0 Å². The number of ether oxygens (including phenoxy) is 7. The van der Waals surface area contributed by atoms with E-state index in [9.17, 15) is 14.4 Å². The Balaban J connectivity index is 3.17. The van der Waals surface area contributed by atoms with Gasteiger partial charge in [-0.2, -0.15) is 0 Å². The predicted octanol–water partition coefficient (Wildman–Crippen LogP) is 0.249. The third-order valence-electron chi connectivity index (χ3n) is 3.38. The average Bonchev–Trinajstić information content (AvgIpc) is 2.76. The van der Waals surface area contributed by atoms with Gasteiger partial charge in [-0.05, 0) is 0 Å². The van der Waals surface area contributed by atoms with Gasteiger partial charge >= 0.3 is 11.9 Å². The average molecular weight is 450 g/mol. The van der Waals surface area contributed by atoms with Crippen LogP contribution < -0.4 is 0 Å². The number of carbonyl (C=O) groups is 3. The zero-order valence-corrected chi connectivity index (χ0v) is 17.9. The lowest BCUT2D eigenvalue weighted by Crippen LogP contribution is -2.17. The molecule has 0 saturated heterocycles. The van der Waals surface area contributed by atoms with Crippen LogP contribution in [0.2, 0.25) is 0 Å². The van der Waals surface area contributed by atoms with E-state index in [0.29, 0.717) is 72.7 Å². The maximum absolute atomic E-state index is 11.3. The van der Waals surface area contributed by atoms with Gasteiger partial charge in [-0.1, -0.05) is 6.08 Å². The van der Waals surface area contributed by atoms with Crippen LogP contribution in [0, 0.1) is 0 Å². The quantitative estimate of drug-likeness (QED) is 0.0938. The molecular formula is C20H34O11. The fourth-order valence-electron chi connectivity index (χ4n) is 1.88. The van der Waals surface area contributed by atoms with Gasteiger partial charge in [0, 0.05) is 6.42 Å². The molecule has 0 aliphatic rings.